The Hall–Kier alpha value is 0. The van der Waals surface area contributed by atoms with Crippen molar-refractivity contribution in [2.24, 2.45) is 28.6 Å². The maximum atomic E-state index is 2.50. The fourth-order valence-electron chi connectivity index (χ4n) is 3.18. The molecule has 3 atom stereocenters. The average molecular weight is 196 g/mol. The fraction of sp³-hybridized carbons (Fsp3) is 1.00. The van der Waals surface area contributed by atoms with Gasteiger partial charge in [-0.3, -0.25) is 0 Å². The molecule has 3 unspecified atom stereocenters. The highest BCUT2D eigenvalue weighted by molar-refractivity contribution is 5.01. The van der Waals surface area contributed by atoms with E-state index in [2.05, 4.69) is 48.5 Å². The minimum atomic E-state index is 0.485. The van der Waals surface area contributed by atoms with Crippen molar-refractivity contribution >= 4 is 0 Å². The Morgan fingerprint density at radius 2 is 1.71 bits per heavy atom. The SMILES string of the molecule is CC(C)C(C)C(C)(C)C1(C)CCC1C. The van der Waals surface area contributed by atoms with Crippen LogP contribution in [0.3, 0.4) is 0 Å². The van der Waals surface area contributed by atoms with E-state index in [4.69, 9.17) is 0 Å². The first-order valence-electron chi connectivity index (χ1n) is 6.23. The first kappa shape index (κ1) is 12.1. The second-order valence-corrected chi connectivity index (χ2v) is 6.61. The van der Waals surface area contributed by atoms with E-state index in [9.17, 15) is 0 Å². The van der Waals surface area contributed by atoms with Crippen molar-refractivity contribution in [3.05, 3.63) is 0 Å². The van der Waals surface area contributed by atoms with Gasteiger partial charge in [-0.1, -0.05) is 48.5 Å². The Labute approximate surface area is 90.5 Å². The summed E-state index contributed by atoms with van der Waals surface area (Å²) in [6.07, 6.45) is 2.86. The van der Waals surface area contributed by atoms with Crippen LogP contribution in [-0.2, 0) is 0 Å². The van der Waals surface area contributed by atoms with Gasteiger partial charge in [0.25, 0.3) is 0 Å². The zero-order chi connectivity index (χ0) is 11.1. The number of hydrogen-bond acceptors (Lipinski definition) is 0. The minimum Gasteiger partial charge on any atom is -0.0625 e. The van der Waals surface area contributed by atoms with Crippen LogP contribution < -0.4 is 0 Å². The van der Waals surface area contributed by atoms with Crippen molar-refractivity contribution in [2.75, 3.05) is 0 Å². The van der Waals surface area contributed by atoms with Crippen molar-refractivity contribution in [3.63, 3.8) is 0 Å². The molecule has 0 aromatic rings. The Bertz CT molecular complexity index is 202. The average Bonchev–Trinajstić information content (AvgIpc) is 2.12. The molecule has 0 spiro atoms. The summed E-state index contributed by atoms with van der Waals surface area (Å²) in [5.74, 6) is 2.53. The molecule has 0 saturated heterocycles. The summed E-state index contributed by atoms with van der Waals surface area (Å²) >= 11 is 0. The molecule has 1 saturated carbocycles. The third-order valence-corrected chi connectivity index (χ3v) is 5.79. The Morgan fingerprint density at radius 3 is 1.93 bits per heavy atom. The second-order valence-electron chi connectivity index (χ2n) is 6.61. The van der Waals surface area contributed by atoms with E-state index >= 15 is 0 Å². The highest BCUT2D eigenvalue weighted by Gasteiger charge is 2.52. The van der Waals surface area contributed by atoms with Crippen LogP contribution in [0, 0.1) is 28.6 Å². The zero-order valence-corrected chi connectivity index (χ0v) is 11.1. The third kappa shape index (κ3) is 1.51. The van der Waals surface area contributed by atoms with Crippen molar-refractivity contribution in [1.82, 2.24) is 0 Å². The van der Waals surface area contributed by atoms with Gasteiger partial charge in [0, 0.05) is 0 Å². The zero-order valence-electron chi connectivity index (χ0n) is 11.1. The molecular weight excluding hydrogens is 168 g/mol. The smallest absolute Gasteiger partial charge is 0.0246 e. The largest absolute Gasteiger partial charge is 0.0625 e. The van der Waals surface area contributed by atoms with E-state index < -0.39 is 0 Å². The summed E-state index contributed by atoms with van der Waals surface area (Å²) in [7, 11) is 0. The quantitative estimate of drug-likeness (QED) is 0.611. The lowest BCUT2D eigenvalue weighted by Gasteiger charge is -2.59. The van der Waals surface area contributed by atoms with Crippen LogP contribution >= 0.6 is 0 Å². The molecule has 1 aliphatic carbocycles. The van der Waals surface area contributed by atoms with E-state index in [-0.39, 0.29) is 0 Å². The highest BCUT2D eigenvalue weighted by Crippen LogP contribution is 2.60. The van der Waals surface area contributed by atoms with Gasteiger partial charge in [-0.25, -0.2) is 0 Å². The molecule has 0 aliphatic heterocycles. The van der Waals surface area contributed by atoms with Gasteiger partial charge in [0.1, 0.15) is 0 Å². The molecule has 0 aromatic carbocycles. The van der Waals surface area contributed by atoms with E-state index in [1.807, 2.05) is 0 Å². The maximum absolute atomic E-state index is 2.50. The van der Waals surface area contributed by atoms with Crippen LogP contribution in [0.5, 0.6) is 0 Å². The van der Waals surface area contributed by atoms with Crippen molar-refractivity contribution in [2.45, 2.75) is 61.3 Å². The molecule has 0 N–H and O–H groups in total. The second kappa shape index (κ2) is 3.54. The molecule has 1 aliphatic rings. The van der Waals surface area contributed by atoms with Crippen LogP contribution in [0.4, 0.5) is 0 Å². The molecular formula is C14H28. The highest BCUT2D eigenvalue weighted by atomic mass is 14.6. The standard InChI is InChI=1S/C14H28/c1-10(2)12(4)13(5,6)14(7)9-8-11(14)3/h10-12H,8-9H2,1-7H3. The van der Waals surface area contributed by atoms with Crippen molar-refractivity contribution in [3.8, 4) is 0 Å². The van der Waals surface area contributed by atoms with Crippen LogP contribution in [0.1, 0.15) is 61.3 Å². The third-order valence-electron chi connectivity index (χ3n) is 5.79. The van der Waals surface area contributed by atoms with E-state index in [0.29, 0.717) is 10.8 Å². The monoisotopic (exact) mass is 196 g/mol. The maximum Gasteiger partial charge on any atom is -0.0246 e. The molecule has 1 rings (SSSR count). The minimum absolute atomic E-state index is 0.485. The fourth-order valence-corrected chi connectivity index (χ4v) is 3.18. The van der Waals surface area contributed by atoms with Crippen LogP contribution in [-0.4, -0.2) is 0 Å². The van der Waals surface area contributed by atoms with Gasteiger partial charge in [0.05, 0.1) is 0 Å². The van der Waals surface area contributed by atoms with Gasteiger partial charge in [0.2, 0.25) is 0 Å². The molecule has 0 heteroatoms. The van der Waals surface area contributed by atoms with Crippen LogP contribution in [0.25, 0.3) is 0 Å². The van der Waals surface area contributed by atoms with Gasteiger partial charge >= 0.3 is 0 Å². The predicted molar refractivity (Wildman–Crippen MR) is 64.3 cm³/mol. The Balaban J connectivity index is 2.83. The van der Waals surface area contributed by atoms with Gasteiger partial charge < -0.3 is 0 Å². The number of hydrogen-bond donors (Lipinski definition) is 0. The summed E-state index contributed by atoms with van der Waals surface area (Å²) in [5.41, 5.74) is 1.06. The van der Waals surface area contributed by atoms with Crippen molar-refractivity contribution < 1.29 is 0 Å². The molecule has 0 bridgehead atoms. The molecule has 0 aromatic heterocycles. The molecule has 0 radical (unpaired) electrons. The molecule has 0 heterocycles. The topological polar surface area (TPSA) is 0 Å². The van der Waals surface area contributed by atoms with E-state index in [0.717, 1.165) is 17.8 Å². The molecule has 0 amide bonds. The summed E-state index contributed by atoms with van der Waals surface area (Å²) < 4.78 is 0. The van der Waals surface area contributed by atoms with E-state index in [1.54, 1.807) is 0 Å². The first-order valence-corrected chi connectivity index (χ1v) is 6.23. The lowest BCUT2D eigenvalue weighted by Crippen LogP contribution is -2.51. The number of rotatable bonds is 3. The summed E-state index contributed by atoms with van der Waals surface area (Å²) in [5, 5.41) is 0. The lowest BCUT2D eigenvalue weighted by molar-refractivity contribution is -0.0972. The van der Waals surface area contributed by atoms with Gasteiger partial charge in [-0.05, 0) is 41.4 Å². The van der Waals surface area contributed by atoms with E-state index in [1.165, 1.54) is 12.8 Å². The summed E-state index contributed by atoms with van der Waals surface area (Å²) in [4.78, 5) is 0. The Kier molecular flexibility index (Phi) is 3.05. The lowest BCUT2D eigenvalue weighted by atomic mass is 9.46. The molecule has 14 heavy (non-hydrogen) atoms. The molecule has 1 fully saturated rings. The van der Waals surface area contributed by atoms with Crippen molar-refractivity contribution in [1.29, 1.82) is 0 Å². The first-order chi connectivity index (χ1) is 6.23. The van der Waals surface area contributed by atoms with Crippen LogP contribution in [0.2, 0.25) is 0 Å². The summed E-state index contributed by atoms with van der Waals surface area (Å²) in [6, 6.07) is 0. The van der Waals surface area contributed by atoms with Gasteiger partial charge in [0.15, 0.2) is 0 Å². The predicted octanol–water partition coefficient (Wildman–Crippen LogP) is 4.74. The van der Waals surface area contributed by atoms with Gasteiger partial charge in [-0.15, -0.1) is 0 Å². The van der Waals surface area contributed by atoms with Crippen LogP contribution in [0.15, 0.2) is 0 Å². The summed E-state index contributed by atoms with van der Waals surface area (Å²) in [6.45, 7) is 17.0. The molecule has 84 valence electrons. The Morgan fingerprint density at radius 1 is 1.21 bits per heavy atom. The normalized spacial score (nSPS) is 35.6. The molecule has 0 nitrogen and oxygen atoms in total. The van der Waals surface area contributed by atoms with Gasteiger partial charge in [-0.2, -0.15) is 0 Å².